The Kier molecular flexibility index (Phi) is 3.15. The molecule has 0 bridgehead atoms. The second kappa shape index (κ2) is 4.82. The molecular formula is C16H13BrO2. The van der Waals surface area contributed by atoms with Gasteiger partial charge in [-0.15, -0.1) is 0 Å². The molecule has 0 spiro atoms. The van der Waals surface area contributed by atoms with Gasteiger partial charge >= 0.3 is 5.97 Å². The molecule has 96 valence electrons. The molecule has 2 atom stereocenters. The zero-order chi connectivity index (χ0) is 13.4. The van der Waals surface area contributed by atoms with E-state index in [2.05, 4.69) is 22.0 Å². The first kappa shape index (κ1) is 12.4. The van der Waals surface area contributed by atoms with E-state index in [1.165, 1.54) is 0 Å². The zero-order valence-corrected chi connectivity index (χ0v) is 12.1. The molecule has 0 aliphatic carbocycles. The summed E-state index contributed by atoms with van der Waals surface area (Å²) in [5.74, 6) is -0.252. The van der Waals surface area contributed by atoms with Crippen LogP contribution in [0.3, 0.4) is 0 Å². The molecule has 2 aromatic rings. The van der Waals surface area contributed by atoms with Crippen molar-refractivity contribution in [3.63, 3.8) is 0 Å². The summed E-state index contributed by atoms with van der Waals surface area (Å²) in [6.07, 6.45) is -0.276. The average molecular weight is 317 g/mol. The summed E-state index contributed by atoms with van der Waals surface area (Å²) in [5, 5.41) is 0. The molecule has 0 radical (unpaired) electrons. The lowest BCUT2D eigenvalue weighted by Crippen LogP contribution is -2.23. The van der Waals surface area contributed by atoms with Crippen LogP contribution in [0.2, 0.25) is 0 Å². The molecule has 2 aromatic carbocycles. The van der Waals surface area contributed by atoms with Crippen molar-refractivity contribution in [3.05, 3.63) is 70.8 Å². The van der Waals surface area contributed by atoms with E-state index in [1.807, 2.05) is 43.3 Å². The van der Waals surface area contributed by atoms with Crippen LogP contribution in [-0.2, 0) is 4.74 Å². The third-order valence-electron chi connectivity index (χ3n) is 3.35. The standard InChI is InChI=1S/C16H13BrO2/c1-10-5-4-6-11(9-10)15-14(17)12-7-2-3-8-13(12)16(18)19-15/h2-9,14-15H,1H3. The second-order valence-corrected chi connectivity index (χ2v) is 5.72. The molecule has 2 unspecified atom stereocenters. The number of ether oxygens (including phenoxy) is 1. The summed E-state index contributed by atoms with van der Waals surface area (Å²) in [4.78, 5) is 12.0. The van der Waals surface area contributed by atoms with Gasteiger partial charge in [-0.1, -0.05) is 64.0 Å². The van der Waals surface area contributed by atoms with E-state index >= 15 is 0 Å². The van der Waals surface area contributed by atoms with Crippen molar-refractivity contribution in [2.75, 3.05) is 0 Å². The number of carbonyl (C=O) groups excluding carboxylic acids is 1. The fourth-order valence-electron chi connectivity index (χ4n) is 2.41. The molecule has 3 rings (SSSR count). The quantitative estimate of drug-likeness (QED) is 0.577. The molecule has 1 heterocycles. The number of fused-ring (bicyclic) bond motifs is 1. The van der Waals surface area contributed by atoms with Gasteiger partial charge in [0.1, 0.15) is 6.10 Å². The van der Waals surface area contributed by atoms with Gasteiger partial charge in [0.15, 0.2) is 0 Å². The van der Waals surface area contributed by atoms with Gasteiger partial charge in [0.25, 0.3) is 0 Å². The van der Waals surface area contributed by atoms with E-state index in [0.29, 0.717) is 5.56 Å². The number of alkyl halides is 1. The first-order chi connectivity index (χ1) is 9.16. The third-order valence-corrected chi connectivity index (χ3v) is 4.32. The van der Waals surface area contributed by atoms with Crippen LogP contribution in [0.25, 0.3) is 0 Å². The van der Waals surface area contributed by atoms with Gasteiger partial charge in [0, 0.05) is 0 Å². The fourth-order valence-corrected chi connectivity index (χ4v) is 3.22. The maximum Gasteiger partial charge on any atom is 0.339 e. The number of aryl methyl sites for hydroxylation is 1. The smallest absolute Gasteiger partial charge is 0.339 e. The van der Waals surface area contributed by atoms with Crippen molar-refractivity contribution in [2.24, 2.45) is 0 Å². The molecule has 0 aromatic heterocycles. The first-order valence-corrected chi connectivity index (χ1v) is 7.09. The van der Waals surface area contributed by atoms with E-state index < -0.39 is 0 Å². The van der Waals surface area contributed by atoms with Gasteiger partial charge in [-0.25, -0.2) is 4.79 Å². The highest BCUT2D eigenvalue weighted by Crippen LogP contribution is 2.44. The number of hydrogen-bond donors (Lipinski definition) is 0. The summed E-state index contributed by atoms with van der Waals surface area (Å²) in [7, 11) is 0. The van der Waals surface area contributed by atoms with Gasteiger partial charge in [-0.2, -0.15) is 0 Å². The van der Waals surface area contributed by atoms with Crippen LogP contribution in [0.1, 0.15) is 38.0 Å². The average Bonchev–Trinajstić information content (AvgIpc) is 2.43. The Morgan fingerprint density at radius 2 is 1.89 bits per heavy atom. The molecule has 2 nitrogen and oxygen atoms in total. The summed E-state index contributed by atoms with van der Waals surface area (Å²) in [5.41, 5.74) is 3.82. The van der Waals surface area contributed by atoms with Crippen molar-refractivity contribution in [1.29, 1.82) is 0 Å². The number of rotatable bonds is 1. The lowest BCUT2D eigenvalue weighted by atomic mass is 9.94. The molecule has 0 N–H and O–H groups in total. The van der Waals surface area contributed by atoms with E-state index in [4.69, 9.17) is 4.74 Å². The minimum Gasteiger partial charge on any atom is -0.452 e. The Hall–Kier alpha value is -1.61. The summed E-state index contributed by atoms with van der Waals surface area (Å²) in [6, 6.07) is 15.6. The van der Waals surface area contributed by atoms with Crippen LogP contribution in [0.15, 0.2) is 48.5 Å². The van der Waals surface area contributed by atoms with Crippen LogP contribution in [0.4, 0.5) is 0 Å². The monoisotopic (exact) mass is 316 g/mol. The highest BCUT2D eigenvalue weighted by Gasteiger charge is 2.34. The molecule has 0 fully saturated rings. The number of carbonyl (C=O) groups is 1. The number of esters is 1. The SMILES string of the molecule is Cc1cccc(C2OC(=O)c3ccccc3C2Br)c1. The maximum absolute atomic E-state index is 12.1. The highest BCUT2D eigenvalue weighted by molar-refractivity contribution is 9.09. The summed E-state index contributed by atoms with van der Waals surface area (Å²) in [6.45, 7) is 2.03. The normalized spacial score (nSPS) is 21.7. The Morgan fingerprint density at radius 3 is 2.68 bits per heavy atom. The second-order valence-electron chi connectivity index (χ2n) is 4.73. The Labute approximate surface area is 120 Å². The highest BCUT2D eigenvalue weighted by atomic mass is 79.9. The number of hydrogen-bond acceptors (Lipinski definition) is 2. The van der Waals surface area contributed by atoms with Crippen LogP contribution < -0.4 is 0 Å². The largest absolute Gasteiger partial charge is 0.452 e. The van der Waals surface area contributed by atoms with Gasteiger partial charge in [0.2, 0.25) is 0 Å². The molecular weight excluding hydrogens is 304 g/mol. The predicted octanol–water partition coefficient (Wildman–Crippen LogP) is 4.34. The fraction of sp³-hybridized carbons (Fsp3) is 0.188. The first-order valence-electron chi connectivity index (χ1n) is 6.17. The molecule has 0 saturated heterocycles. The van der Waals surface area contributed by atoms with Crippen molar-refractivity contribution >= 4 is 21.9 Å². The molecule has 19 heavy (non-hydrogen) atoms. The molecule has 3 heteroatoms. The third kappa shape index (κ3) is 2.19. The number of cyclic esters (lactones) is 1. The van der Waals surface area contributed by atoms with Crippen molar-refractivity contribution < 1.29 is 9.53 Å². The van der Waals surface area contributed by atoms with Crippen LogP contribution >= 0.6 is 15.9 Å². The van der Waals surface area contributed by atoms with E-state index in [9.17, 15) is 4.79 Å². The van der Waals surface area contributed by atoms with Crippen molar-refractivity contribution in [2.45, 2.75) is 17.9 Å². The van der Waals surface area contributed by atoms with E-state index in [0.717, 1.165) is 16.7 Å². The van der Waals surface area contributed by atoms with Crippen molar-refractivity contribution in [1.82, 2.24) is 0 Å². The Balaban J connectivity index is 2.05. The minimum absolute atomic E-state index is 0.0109. The molecule has 1 aliphatic heterocycles. The molecule has 1 aliphatic rings. The van der Waals surface area contributed by atoms with E-state index in [1.54, 1.807) is 6.07 Å². The predicted molar refractivity (Wildman–Crippen MR) is 77.4 cm³/mol. The molecule has 0 saturated carbocycles. The minimum atomic E-state index is -0.276. The van der Waals surface area contributed by atoms with Crippen LogP contribution in [0, 0.1) is 6.92 Å². The number of benzene rings is 2. The van der Waals surface area contributed by atoms with Gasteiger partial charge < -0.3 is 4.74 Å². The summed E-state index contributed by atoms with van der Waals surface area (Å²) < 4.78 is 5.58. The van der Waals surface area contributed by atoms with E-state index in [-0.39, 0.29) is 16.9 Å². The zero-order valence-electron chi connectivity index (χ0n) is 10.5. The van der Waals surface area contributed by atoms with Gasteiger partial charge in [0.05, 0.1) is 10.4 Å². The lowest BCUT2D eigenvalue weighted by molar-refractivity contribution is 0.0249. The van der Waals surface area contributed by atoms with Gasteiger partial charge in [-0.3, -0.25) is 0 Å². The Morgan fingerprint density at radius 1 is 1.11 bits per heavy atom. The number of halogens is 1. The maximum atomic E-state index is 12.1. The van der Waals surface area contributed by atoms with Crippen LogP contribution in [0.5, 0.6) is 0 Å². The Bertz CT molecular complexity index is 636. The van der Waals surface area contributed by atoms with Gasteiger partial charge in [-0.05, 0) is 24.1 Å². The topological polar surface area (TPSA) is 26.3 Å². The lowest BCUT2D eigenvalue weighted by Gasteiger charge is -2.29. The van der Waals surface area contributed by atoms with Crippen molar-refractivity contribution in [3.8, 4) is 0 Å². The molecule has 0 amide bonds. The van der Waals surface area contributed by atoms with Crippen LogP contribution in [-0.4, -0.2) is 5.97 Å². The summed E-state index contributed by atoms with van der Waals surface area (Å²) >= 11 is 3.67.